The number of anilines is 2. The summed E-state index contributed by atoms with van der Waals surface area (Å²) in [4.78, 5) is 16.1. The highest BCUT2D eigenvalue weighted by Gasteiger charge is 2.16. The SMILES string of the molecule is COc1cccc(Oc2cc(F)ccc2NC(=O)Nc2nccs2)c1OC. The Morgan fingerprint density at radius 2 is 1.89 bits per heavy atom. The maximum atomic E-state index is 13.7. The zero-order valence-electron chi connectivity index (χ0n) is 14.5. The number of amides is 2. The monoisotopic (exact) mass is 389 g/mol. The van der Waals surface area contributed by atoms with Crippen molar-refractivity contribution in [2.24, 2.45) is 0 Å². The molecule has 9 heteroatoms. The number of hydrogen-bond acceptors (Lipinski definition) is 6. The number of carbonyl (C=O) groups excluding carboxylic acids is 1. The van der Waals surface area contributed by atoms with Crippen LogP contribution >= 0.6 is 11.3 Å². The first-order chi connectivity index (χ1) is 13.1. The van der Waals surface area contributed by atoms with Crippen molar-refractivity contribution in [3.63, 3.8) is 0 Å². The Hall–Kier alpha value is -3.33. The van der Waals surface area contributed by atoms with Crippen LogP contribution in [0.2, 0.25) is 0 Å². The summed E-state index contributed by atoms with van der Waals surface area (Å²) in [7, 11) is 2.97. The normalized spacial score (nSPS) is 10.2. The number of hydrogen-bond donors (Lipinski definition) is 2. The molecule has 7 nitrogen and oxygen atoms in total. The first kappa shape index (κ1) is 18.5. The average molecular weight is 389 g/mol. The van der Waals surface area contributed by atoms with Gasteiger partial charge < -0.3 is 19.5 Å². The van der Waals surface area contributed by atoms with Crippen LogP contribution in [0.5, 0.6) is 23.0 Å². The van der Waals surface area contributed by atoms with Crippen LogP contribution < -0.4 is 24.8 Å². The van der Waals surface area contributed by atoms with Gasteiger partial charge in [-0.25, -0.2) is 14.2 Å². The number of para-hydroxylation sites is 1. The number of rotatable bonds is 6. The second-order valence-electron chi connectivity index (χ2n) is 5.15. The predicted molar refractivity (Wildman–Crippen MR) is 101 cm³/mol. The summed E-state index contributed by atoms with van der Waals surface area (Å²) in [5.41, 5.74) is 0.273. The van der Waals surface area contributed by atoms with Crippen LogP contribution in [0.15, 0.2) is 48.0 Å². The van der Waals surface area contributed by atoms with Gasteiger partial charge in [0.15, 0.2) is 22.4 Å². The summed E-state index contributed by atoms with van der Waals surface area (Å²) in [6.45, 7) is 0. The molecule has 0 spiro atoms. The van der Waals surface area contributed by atoms with Gasteiger partial charge in [-0.1, -0.05) is 6.07 Å². The zero-order valence-corrected chi connectivity index (χ0v) is 15.3. The number of methoxy groups -OCH3 is 2. The van der Waals surface area contributed by atoms with E-state index in [0.717, 1.165) is 6.07 Å². The third-order valence-electron chi connectivity index (χ3n) is 3.43. The van der Waals surface area contributed by atoms with Crippen molar-refractivity contribution in [1.82, 2.24) is 4.98 Å². The van der Waals surface area contributed by atoms with Gasteiger partial charge in [-0.2, -0.15) is 0 Å². The lowest BCUT2D eigenvalue weighted by molar-refractivity contribution is 0.262. The zero-order chi connectivity index (χ0) is 19.2. The molecule has 0 bridgehead atoms. The highest BCUT2D eigenvalue weighted by atomic mass is 32.1. The lowest BCUT2D eigenvalue weighted by atomic mass is 10.2. The number of nitrogens with zero attached hydrogens (tertiary/aromatic N) is 1. The third kappa shape index (κ3) is 4.45. The fourth-order valence-electron chi connectivity index (χ4n) is 2.28. The fraction of sp³-hybridized carbons (Fsp3) is 0.111. The second kappa shape index (κ2) is 8.37. The van der Waals surface area contributed by atoms with Crippen LogP contribution in [0.1, 0.15) is 0 Å². The molecule has 27 heavy (non-hydrogen) atoms. The summed E-state index contributed by atoms with van der Waals surface area (Å²) in [5, 5.41) is 7.37. The molecule has 0 aliphatic rings. The number of halogens is 1. The number of nitrogens with one attached hydrogen (secondary N) is 2. The molecule has 2 aromatic carbocycles. The Morgan fingerprint density at radius 3 is 2.59 bits per heavy atom. The van der Waals surface area contributed by atoms with Crippen LogP contribution in [0.3, 0.4) is 0 Å². The molecule has 1 heterocycles. The first-order valence-corrected chi connectivity index (χ1v) is 8.64. The van der Waals surface area contributed by atoms with E-state index in [9.17, 15) is 9.18 Å². The van der Waals surface area contributed by atoms with Gasteiger partial charge in [0.25, 0.3) is 0 Å². The fourth-order valence-corrected chi connectivity index (χ4v) is 2.80. The number of aromatic nitrogens is 1. The lowest BCUT2D eigenvalue weighted by Crippen LogP contribution is -2.19. The van der Waals surface area contributed by atoms with Crippen molar-refractivity contribution < 1.29 is 23.4 Å². The number of benzene rings is 2. The molecule has 0 aliphatic heterocycles. The Balaban J connectivity index is 1.85. The van der Waals surface area contributed by atoms with Crippen molar-refractivity contribution in [2.75, 3.05) is 24.9 Å². The molecule has 0 radical (unpaired) electrons. The molecule has 2 amide bonds. The van der Waals surface area contributed by atoms with Crippen molar-refractivity contribution in [2.45, 2.75) is 0 Å². The minimum atomic E-state index is -0.529. The standard InChI is InChI=1S/C18H16FN3O4S/c1-24-13-4-3-5-14(16(13)25-2)26-15-10-11(19)6-7-12(15)21-17(23)22-18-20-8-9-27-18/h3-10H,1-2H3,(H2,20,21,22,23). The van der Waals surface area contributed by atoms with E-state index in [-0.39, 0.29) is 11.4 Å². The van der Waals surface area contributed by atoms with E-state index < -0.39 is 11.8 Å². The van der Waals surface area contributed by atoms with E-state index in [1.54, 1.807) is 29.8 Å². The molecular weight excluding hydrogens is 373 g/mol. The first-order valence-electron chi connectivity index (χ1n) is 7.76. The van der Waals surface area contributed by atoms with Gasteiger partial charge in [-0.05, 0) is 24.3 Å². The van der Waals surface area contributed by atoms with E-state index in [1.807, 2.05) is 0 Å². The summed E-state index contributed by atoms with van der Waals surface area (Å²) in [5.74, 6) is 0.712. The van der Waals surface area contributed by atoms with Gasteiger partial charge in [-0.15, -0.1) is 11.3 Å². The number of urea groups is 1. The van der Waals surface area contributed by atoms with Crippen molar-refractivity contribution in [3.8, 4) is 23.0 Å². The molecule has 0 saturated heterocycles. The summed E-state index contributed by atoms with van der Waals surface area (Å²) in [6.07, 6.45) is 1.57. The Bertz CT molecular complexity index is 934. The molecular formula is C18H16FN3O4S. The smallest absolute Gasteiger partial charge is 0.325 e. The predicted octanol–water partition coefficient (Wildman–Crippen LogP) is 4.74. The minimum absolute atomic E-state index is 0.107. The molecule has 0 aliphatic carbocycles. The molecule has 0 unspecified atom stereocenters. The Labute approximate surface area is 158 Å². The van der Waals surface area contributed by atoms with E-state index in [4.69, 9.17) is 14.2 Å². The number of ether oxygens (including phenoxy) is 3. The third-order valence-corrected chi connectivity index (χ3v) is 4.12. The number of thiazole rings is 1. The topological polar surface area (TPSA) is 81.7 Å². The quantitative estimate of drug-likeness (QED) is 0.637. The molecule has 0 atom stereocenters. The molecule has 3 rings (SSSR count). The Kier molecular flexibility index (Phi) is 5.72. The molecule has 140 valence electrons. The summed E-state index contributed by atoms with van der Waals surface area (Å²) in [6, 6.07) is 8.31. The van der Waals surface area contributed by atoms with E-state index in [2.05, 4.69) is 15.6 Å². The van der Waals surface area contributed by atoms with Gasteiger partial charge in [-0.3, -0.25) is 5.32 Å². The van der Waals surface area contributed by atoms with E-state index in [1.165, 1.54) is 37.7 Å². The molecule has 0 saturated carbocycles. The molecule has 3 aromatic rings. The van der Waals surface area contributed by atoms with Gasteiger partial charge in [0.1, 0.15) is 5.82 Å². The lowest BCUT2D eigenvalue weighted by Gasteiger charge is -2.16. The summed E-state index contributed by atoms with van der Waals surface area (Å²) >= 11 is 1.28. The Morgan fingerprint density at radius 1 is 1.07 bits per heavy atom. The van der Waals surface area contributed by atoms with Gasteiger partial charge in [0.2, 0.25) is 5.75 Å². The highest BCUT2D eigenvalue weighted by Crippen LogP contribution is 2.41. The van der Waals surface area contributed by atoms with E-state index in [0.29, 0.717) is 22.4 Å². The largest absolute Gasteiger partial charge is 0.493 e. The maximum Gasteiger partial charge on any atom is 0.325 e. The summed E-state index contributed by atoms with van der Waals surface area (Å²) < 4.78 is 30.1. The van der Waals surface area contributed by atoms with Crippen molar-refractivity contribution in [1.29, 1.82) is 0 Å². The molecule has 2 N–H and O–H groups in total. The van der Waals surface area contributed by atoms with Crippen LogP contribution in [0, 0.1) is 5.82 Å². The van der Waals surface area contributed by atoms with Crippen LogP contribution in [0.4, 0.5) is 20.0 Å². The average Bonchev–Trinajstić information content (AvgIpc) is 3.16. The van der Waals surface area contributed by atoms with Crippen LogP contribution in [-0.4, -0.2) is 25.2 Å². The number of carbonyl (C=O) groups is 1. The van der Waals surface area contributed by atoms with Gasteiger partial charge >= 0.3 is 6.03 Å². The van der Waals surface area contributed by atoms with Gasteiger partial charge in [0.05, 0.1) is 19.9 Å². The minimum Gasteiger partial charge on any atom is -0.493 e. The second-order valence-corrected chi connectivity index (χ2v) is 6.05. The molecule has 0 fully saturated rings. The van der Waals surface area contributed by atoms with Crippen molar-refractivity contribution >= 4 is 28.2 Å². The molecule has 1 aromatic heterocycles. The highest BCUT2D eigenvalue weighted by molar-refractivity contribution is 7.13. The maximum absolute atomic E-state index is 13.7. The van der Waals surface area contributed by atoms with Gasteiger partial charge in [0, 0.05) is 17.6 Å². The van der Waals surface area contributed by atoms with E-state index >= 15 is 0 Å². The van der Waals surface area contributed by atoms with Crippen LogP contribution in [0.25, 0.3) is 0 Å². The van der Waals surface area contributed by atoms with Crippen molar-refractivity contribution in [3.05, 3.63) is 53.8 Å². The van der Waals surface area contributed by atoms with Crippen LogP contribution in [-0.2, 0) is 0 Å².